The van der Waals surface area contributed by atoms with Crippen molar-refractivity contribution in [3.8, 4) is 0 Å². The molecule has 1 aromatic heterocycles. The number of nitrogens with one attached hydrogen (secondary N) is 2. The zero-order chi connectivity index (χ0) is 21.7. The normalized spacial score (nSPS) is 17.6. The van der Waals surface area contributed by atoms with Crippen LogP contribution in [0.1, 0.15) is 32.3 Å². The molecule has 160 valence electrons. The summed E-state index contributed by atoms with van der Waals surface area (Å²) < 4.78 is 6.48. The number of hydrogen-bond acceptors (Lipinski definition) is 6. The van der Waals surface area contributed by atoms with Crippen LogP contribution in [0.3, 0.4) is 0 Å². The lowest BCUT2D eigenvalue weighted by Crippen LogP contribution is -2.48. The number of piperidine rings is 1. The van der Waals surface area contributed by atoms with Crippen LogP contribution < -0.4 is 10.6 Å². The Morgan fingerprint density at radius 2 is 2.03 bits per heavy atom. The lowest BCUT2D eigenvalue weighted by molar-refractivity contribution is -0.143. The van der Waals surface area contributed by atoms with E-state index in [1.165, 1.54) is 4.70 Å². The predicted molar refractivity (Wildman–Crippen MR) is 114 cm³/mol. The van der Waals surface area contributed by atoms with Crippen molar-refractivity contribution >= 4 is 45.0 Å². The number of alkyl carbamates (subject to hydrolysis) is 1. The van der Waals surface area contributed by atoms with Gasteiger partial charge < -0.3 is 15.4 Å². The molecule has 1 aliphatic heterocycles. The van der Waals surface area contributed by atoms with Crippen molar-refractivity contribution in [3.63, 3.8) is 0 Å². The molecule has 2 atom stereocenters. The molecule has 2 N–H and O–H groups in total. The molecule has 3 rings (SSSR count). The molecule has 0 spiro atoms. The largest absolute Gasteiger partial charge is 0.449 e. The van der Waals surface area contributed by atoms with Crippen LogP contribution in [0, 0.1) is 11.8 Å². The van der Waals surface area contributed by atoms with Gasteiger partial charge in [-0.05, 0) is 34.7 Å². The summed E-state index contributed by atoms with van der Waals surface area (Å²) in [6.07, 6.45) is 0.300. The fourth-order valence-electron chi connectivity index (χ4n) is 3.60. The zero-order valence-electron chi connectivity index (χ0n) is 17.1. The van der Waals surface area contributed by atoms with Gasteiger partial charge in [-0.3, -0.25) is 14.4 Å². The van der Waals surface area contributed by atoms with Gasteiger partial charge in [0.25, 0.3) is 5.91 Å². The van der Waals surface area contributed by atoms with Gasteiger partial charge in [0, 0.05) is 30.0 Å². The Morgan fingerprint density at radius 1 is 1.27 bits per heavy atom. The first-order chi connectivity index (χ1) is 14.4. The summed E-state index contributed by atoms with van der Waals surface area (Å²) in [7, 11) is 0. The third-order valence-corrected chi connectivity index (χ3v) is 6.29. The maximum Gasteiger partial charge on any atom is 0.407 e. The molecule has 2 aromatic rings. The second-order valence-corrected chi connectivity index (χ2v) is 8.70. The summed E-state index contributed by atoms with van der Waals surface area (Å²) in [5, 5.41) is 8.32. The fraction of sp³-hybridized carbons (Fsp3) is 0.455. The highest BCUT2D eigenvalue weighted by atomic mass is 32.1. The number of ketones is 2. The lowest BCUT2D eigenvalue weighted by atomic mass is 9.87. The van der Waals surface area contributed by atoms with Crippen LogP contribution in [0.2, 0.25) is 0 Å². The number of carbonyl (C=O) groups excluding carboxylic acids is 4. The molecule has 8 heteroatoms. The zero-order valence-corrected chi connectivity index (χ0v) is 17.9. The quantitative estimate of drug-likeness (QED) is 0.627. The molecule has 0 radical (unpaired) electrons. The third kappa shape index (κ3) is 5.24. The van der Waals surface area contributed by atoms with Crippen LogP contribution in [0.15, 0.2) is 29.6 Å². The molecule has 30 heavy (non-hydrogen) atoms. The van der Waals surface area contributed by atoms with Crippen molar-refractivity contribution in [2.24, 2.45) is 11.8 Å². The molecule has 0 saturated carbocycles. The van der Waals surface area contributed by atoms with Crippen LogP contribution in [0.25, 0.3) is 10.1 Å². The van der Waals surface area contributed by atoms with Crippen molar-refractivity contribution < 1.29 is 23.9 Å². The van der Waals surface area contributed by atoms with Crippen molar-refractivity contribution in [1.82, 2.24) is 10.6 Å². The number of carbonyl (C=O) groups is 4. The van der Waals surface area contributed by atoms with Gasteiger partial charge in [0.1, 0.15) is 0 Å². The van der Waals surface area contributed by atoms with Gasteiger partial charge in [-0.15, -0.1) is 11.3 Å². The monoisotopic (exact) mass is 430 g/mol. The molecule has 1 aromatic carbocycles. The Morgan fingerprint density at radius 3 is 2.80 bits per heavy atom. The van der Waals surface area contributed by atoms with E-state index in [0.29, 0.717) is 19.4 Å². The minimum Gasteiger partial charge on any atom is -0.449 e. The number of thiophene rings is 1. The van der Waals surface area contributed by atoms with Gasteiger partial charge in [-0.25, -0.2) is 4.79 Å². The molecule has 1 aliphatic rings. The molecule has 7 nitrogen and oxygen atoms in total. The van der Waals surface area contributed by atoms with Gasteiger partial charge in [0.05, 0.1) is 12.6 Å². The fourth-order valence-corrected chi connectivity index (χ4v) is 4.59. The second kappa shape index (κ2) is 9.84. The first-order valence-electron chi connectivity index (χ1n) is 10.1. The summed E-state index contributed by atoms with van der Waals surface area (Å²) in [4.78, 5) is 48.4. The summed E-state index contributed by atoms with van der Waals surface area (Å²) in [5.74, 6) is -2.27. The summed E-state index contributed by atoms with van der Waals surface area (Å²) in [6.45, 7) is 4.21. The van der Waals surface area contributed by atoms with Gasteiger partial charge >= 0.3 is 6.09 Å². The van der Waals surface area contributed by atoms with E-state index in [0.717, 1.165) is 10.9 Å². The molecule has 0 bridgehead atoms. The Balaban J connectivity index is 1.51. The van der Waals surface area contributed by atoms with Gasteiger partial charge in [-0.2, -0.15) is 0 Å². The van der Waals surface area contributed by atoms with Crippen molar-refractivity contribution in [1.29, 1.82) is 0 Å². The smallest absolute Gasteiger partial charge is 0.407 e. The molecular weight excluding hydrogens is 404 g/mol. The Kier molecular flexibility index (Phi) is 7.20. The SMILES string of the molecule is CC(C)C(NC(=O)OCCc1csc2ccccc12)C(=O)CC1CCNC(=O)C1=O. The van der Waals surface area contributed by atoms with E-state index in [9.17, 15) is 19.2 Å². The average Bonchev–Trinajstić information content (AvgIpc) is 3.12. The van der Waals surface area contributed by atoms with E-state index in [-0.39, 0.29) is 24.7 Å². The summed E-state index contributed by atoms with van der Waals surface area (Å²) in [6, 6.07) is 7.30. The van der Waals surface area contributed by atoms with E-state index < -0.39 is 29.7 Å². The highest BCUT2D eigenvalue weighted by molar-refractivity contribution is 7.17. The maximum atomic E-state index is 12.7. The molecule has 2 amide bonds. The van der Waals surface area contributed by atoms with E-state index in [2.05, 4.69) is 22.1 Å². The van der Waals surface area contributed by atoms with Crippen LogP contribution in [-0.4, -0.2) is 42.8 Å². The Labute approximate surface area is 179 Å². The number of benzene rings is 1. The summed E-state index contributed by atoms with van der Waals surface area (Å²) in [5.41, 5.74) is 1.12. The van der Waals surface area contributed by atoms with Crippen molar-refractivity contribution in [3.05, 3.63) is 35.2 Å². The van der Waals surface area contributed by atoms with Crippen LogP contribution in [0.5, 0.6) is 0 Å². The second-order valence-electron chi connectivity index (χ2n) is 7.79. The highest BCUT2D eigenvalue weighted by Gasteiger charge is 2.34. The third-order valence-electron chi connectivity index (χ3n) is 5.27. The maximum absolute atomic E-state index is 12.7. The number of rotatable bonds is 8. The van der Waals surface area contributed by atoms with Crippen molar-refractivity contribution in [2.75, 3.05) is 13.2 Å². The molecule has 1 fully saturated rings. The minimum absolute atomic E-state index is 0.0593. The first kappa shape index (κ1) is 22.0. The number of fused-ring (bicyclic) bond motifs is 1. The first-order valence-corrected chi connectivity index (χ1v) is 11.0. The standard InChI is InChI=1S/C22H26N2O5S/c1-13(2)19(17(25)11-14-7-9-23-21(27)20(14)26)24-22(28)29-10-8-15-12-30-18-6-4-3-5-16(15)18/h3-6,12-14,19H,7-11H2,1-2H3,(H,23,27)(H,24,28). The molecule has 2 unspecified atom stereocenters. The predicted octanol–water partition coefficient (Wildman–Crippen LogP) is 2.86. The van der Waals surface area contributed by atoms with E-state index in [1.807, 2.05) is 32.0 Å². The average molecular weight is 431 g/mol. The molecule has 0 aliphatic carbocycles. The van der Waals surface area contributed by atoms with Crippen LogP contribution >= 0.6 is 11.3 Å². The number of hydrogen-bond donors (Lipinski definition) is 2. The number of Topliss-reactive ketones (excluding diaryl/α,β-unsaturated/α-hetero) is 2. The lowest BCUT2D eigenvalue weighted by Gasteiger charge is -2.25. The van der Waals surface area contributed by atoms with Gasteiger partial charge in [-0.1, -0.05) is 32.0 Å². The highest BCUT2D eigenvalue weighted by Crippen LogP contribution is 2.26. The topological polar surface area (TPSA) is 102 Å². The van der Waals surface area contributed by atoms with E-state index in [1.54, 1.807) is 11.3 Å². The number of amides is 2. The number of ether oxygens (including phenoxy) is 1. The Hall–Kier alpha value is -2.74. The molecule has 1 saturated heterocycles. The van der Waals surface area contributed by atoms with E-state index >= 15 is 0 Å². The Bertz CT molecular complexity index is 952. The van der Waals surface area contributed by atoms with Gasteiger partial charge in [0.2, 0.25) is 5.78 Å². The molecule has 2 heterocycles. The molecular formula is C22H26N2O5S. The minimum atomic E-state index is -0.766. The van der Waals surface area contributed by atoms with Gasteiger partial charge in [0.15, 0.2) is 5.78 Å². The van der Waals surface area contributed by atoms with Crippen LogP contribution in [-0.2, 0) is 25.5 Å². The van der Waals surface area contributed by atoms with E-state index in [4.69, 9.17) is 4.74 Å². The van der Waals surface area contributed by atoms with Crippen molar-refractivity contribution in [2.45, 2.75) is 39.2 Å². The summed E-state index contributed by atoms with van der Waals surface area (Å²) >= 11 is 1.65. The van der Waals surface area contributed by atoms with Crippen LogP contribution in [0.4, 0.5) is 4.79 Å².